The molecule has 0 aliphatic carbocycles. The average molecular weight is 208 g/mol. The number of hydrogen-bond acceptors (Lipinski definition) is 3. The molecule has 82 valence electrons. The standard InChI is InChI=1S/C11H16N2O2/c1-8-3-2-6-13(7-8)11(14)9-4-5-10(12)15-9/h4-5,8H,2-3,6-7,12H2,1H3. The van der Waals surface area contributed by atoms with Gasteiger partial charge in [0.15, 0.2) is 11.6 Å². The predicted octanol–water partition coefficient (Wildman–Crippen LogP) is 1.73. The zero-order valence-electron chi connectivity index (χ0n) is 8.90. The third-order valence-electron chi connectivity index (χ3n) is 2.78. The first-order valence-corrected chi connectivity index (χ1v) is 5.31. The van der Waals surface area contributed by atoms with Gasteiger partial charge in [0.2, 0.25) is 0 Å². The van der Waals surface area contributed by atoms with Gasteiger partial charge in [-0.3, -0.25) is 4.79 Å². The van der Waals surface area contributed by atoms with Crippen molar-refractivity contribution >= 4 is 11.8 Å². The smallest absolute Gasteiger partial charge is 0.289 e. The minimum atomic E-state index is -0.0433. The lowest BCUT2D eigenvalue weighted by atomic mass is 10.0. The largest absolute Gasteiger partial charge is 0.436 e. The SMILES string of the molecule is CC1CCCN(C(=O)c2ccc(N)o2)C1. The van der Waals surface area contributed by atoms with Crippen molar-refractivity contribution in [3.8, 4) is 0 Å². The molecular formula is C11H16N2O2. The van der Waals surface area contributed by atoms with Crippen molar-refractivity contribution in [1.82, 2.24) is 4.90 Å². The third kappa shape index (κ3) is 2.14. The Balaban J connectivity index is 2.07. The number of carbonyl (C=O) groups excluding carboxylic acids is 1. The molecule has 2 N–H and O–H groups in total. The lowest BCUT2D eigenvalue weighted by molar-refractivity contribution is 0.0652. The summed E-state index contributed by atoms with van der Waals surface area (Å²) in [6, 6.07) is 3.25. The van der Waals surface area contributed by atoms with Gasteiger partial charge >= 0.3 is 0 Å². The number of nitrogen functional groups attached to an aromatic ring is 1. The highest BCUT2D eigenvalue weighted by molar-refractivity contribution is 5.91. The van der Waals surface area contributed by atoms with Crippen LogP contribution in [0.5, 0.6) is 0 Å². The molecule has 0 aromatic carbocycles. The highest BCUT2D eigenvalue weighted by Gasteiger charge is 2.23. The monoisotopic (exact) mass is 208 g/mol. The van der Waals surface area contributed by atoms with E-state index in [1.165, 1.54) is 6.42 Å². The summed E-state index contributed by atoms with van der Waals surface area (Å²) in [5, 5.41) is 0. The molecule has 1 amide bonds. The maximum Gasteiger partial charge on any atom is 0.289 e. The lowest BCUT2D eigenvalue weighted by Gasteiger charge is -2.30. The highest BCUT2D eigenvalue weighted by atomic mass is 16.4. The zero-order chi connectivity index (χ0) is 10.8. The van der Waals surface area contributed by atoms with Gasteiger partial charge in [-0.15, -0.1) is 0 Å². The van der Waals surface area contributed by atoms with E-state index in [0.717, 1.165) is 19.5 Å². The van der Waals surface area contributed by atoms with E-state index in [0.29, 0.717) is 17.6 Å². The molecule has 1 unspecified atom stereocenters. The first-order chi connectivity index (χ1) is 7.16. The van der Waals surface area contributed by atoms with Crippen LogP contribution in [-0.2, 0) is 0 Å². The Labute approximate surface area is 89.0 Å². The Bertz CT molecular complexity index is 359. The second-order valence-electron chi connectivity index (χ2n) is 4.20. The van der Waals surface area contributed by atoms with Crippen LogP contribution in [-0.4, -0.2) is 23.9 Å². The Morgan fingerprint density at radius 1 is 1.60 bits per heavy atom. The van der Waals surface area contributed by atoms with Gasteiger partial charge in [0, 0.05) is 19.2 Å². The molecule has 0 radical (unpaired) electrons. The first-order valence-electron chi connectivity index (χ1n) is 5.31. The molecule has 2 heterocycles. The van der Waals surface area contributed by atoms with E-state index < -0.39 is 0 Å². The quantitative estimate of drug-likeness (QED) is 0.764. The molecule has 1 atom stereocenters. The number of amides is 1. The van der Waals surface area contributed by atoms with Crippen LogP contribution < -0.4 is 5.73 Å². The van der Waals surface area contributed by atoms with Gasteiger partial charge in [-0.05, 0) is 24.8 Å². The van der Waals surface area contributed by atoms with Crippen molar-refractivity contribution in [3.05, 3.63) is 17.9 Å². The number of hydrogen-bond donors (Lipinski definition) is 1. The first kappa shape index (κ1) is 10.1. The topological polar surface area (TPSA) is 59.5 Å². The van der Waals surface area contributed by atoms with E-state index in [9.17, 15) is 4.79 Å². The molecule has 4 nitrogen and oxygen atoms in total. The summed E-state index contributed by atoms with van der Waals surface area (Å²) in [6.45, 7) is 3.80. The summed E-state index contributed by atoms with van der Waals surface area (Å²) in [5.74, 6) is 1.18. The summed E-state index contributed by atoms with van der Waals surface area (Å²) >= 11 is 0. The van der Waals surface area contributed by atoms with Crippen molar-refractivity contribution in [1.29, 1.82) is 0 Å². The van der Waals surface area contributed by atoms with E-state index in [4.69, 9.17) is 10.2 Å². The number of furan rings is 1. The van der Waals surface area contributed by atoms with Gasteiger partial charge < -0.3 is 15.1 Å². The normalized spacial score (nSPS) is 21.7. The Morgan fingerprint density at radius 2 is 2.40 bits per heavy atom. The van der Waals surface area contributed by atoms with E-state index in [1.807, 2.05) is 4.90 Å². The summed E-state index contributed by atoms with van der Waals surface area (Å²) in [7, 11) is 0. The van der Waals surface area contributed by atoms with E-state index in [1.54, 1.807) is 12.1 Å². The summed E-state index contributed by atoms with van der Waals surface area (Å²) < 4.78 is 5.12. The number of likely N-dealkylation sites (tertiary alicyclic amines) is 1. The number of nitrogens with zero attached hydrogens (tertiary/aromatic N) is 1. The lowest BCUT2D eigenvalue weighted by Crippen LogP contribution is -2.38. The fraction of sp³-hybridized carbons (Fsp3) is 0.545. The van der Waals surface area contributed by atoms with Crippen molar-refractivity contribution in [3.63, 3.8) is 0 Å². The minimum Gasteiger partial charge on any atom is -0.436 e. The van der Waals surface area contributed by atoms with Crippen molar-refractivity contribution in [2.45, 2.75) is 19.8 Å². The Kier molecular flexibility index (Phi) is 2.66. The summed E-state index contributed by atoms with van der Waals surface area (Å²) in [4.78, 5) is 13.8. The molecule has 1 aliphatic heterocycles. The third-order valence-corrected chi connectivity index (χ3v) is 2.78. The van der Waals surface area contributed by atoms with Crippen LogP contribution in [0, 0.1) is 5.92 Å². The predicted molar refractivity (Wildman–Crippen MR) is 57.4 cm³/mol. The van der Waals surface area contributed by atoms with E-state index >= 15 is 0 Å². The number of nitrogens with two attached hydrogens (primary N) is 1. The summed E-state index contributed by atoms with van der Waals surface area (Å²) in [5.41, 5.74) is 5.44. The molecule has 15 heavy (non-hydrogen) atoms. The zero-order valence-corrected chi connectivity index (χ0v) is 8.90. The van der Waals surface area contributed by atoms with Gasteiger partial charge in [0.1, 0.15) is 0 Å². The van der Waals surface area contributed by atoms with Crippen LogP contribution in [0.25, 0.3) is 0 Å². The van der Waals surface area contributed by atoms with Gasteiger partial charge in [0.25, 0.3) is 5.91 Å². The van der Waals surface area contributed by atoms with Crippen LogP contribution in [0.15, 0.2) is 16.5 Å². The van der Waals surface area contributed by atoms with Crippen LogP contribution in [0.3, 0.4) is 0 Å². The van der Waals surface area contributed by atoms with Crippen molar-refractivity contribution < 1.29 is 9.21 Å². The number of anilines is 1. The minimum absolute atomic E-state index is 0.0433. The molecule has 0 spiro atoms. The van der Waals surface area contributed by atoms with Crippen LogP contribution >= 0.6 is 0 Å². The van der Waals surface area contributed by atoms with E-state index in [-0.39, 0.29) is 5.91 Å². The van der Waals surface area contributed by atoms with E-state index in [2.05, 4.69) is 6.92 Å². The summed E-state index contributed by atoms with van der Waals surface area (Å²) in [6.07, 6.45) is 2.27. The number of carbonyl (C=O) groups is 1. The van der Waals surface area contributed by atoms with Gasteiger partial charge in [-0.25, -0.2) is 0 Å². The molecule has 2 rings (SSSR count). The molecule has 1 fully saturated rings. The van der Waals surface area contributed by atoms with Crippen LogP contribution in [0.2, 0.25) is 0 Å². The molecule has 1 saturated heterocycles. The number of piperidine rings is 1. The van der Waals surface area contributed by atoms with Crippen LogP contribution in [0.1, 0.15) is 30.3 Å². The average Bonchev–Trinajstić information content (AvgIpc) is 2.64. The Hall–Kier alpha value is -1.45. The highest BCUT2D eigenvalue weighted by Crippen LogP contribution is 2.19. The van der Waals surface area contributed by atoms with Gasteiger partial charge in [0.05, 0.1) is 0 Å². The Morgan fingerprint density at radius 3 is 3.00 bits per heavy atom. The molecule has 0 saturated carbocycles. The molecular weight excluding hydrogens is 192 g/mol. The number of rotatable bonds is 1. The second-order valence-corrected chi connectivity index (χ2v) is 4.20. The van der Waals surface area contributed by atoms with Crippen molar-refractivity contribution in [2.24, 2.45) is 5.92 Å². The van der Waals surface area contributed by atoms with Crippen LogP contribution in [0.4, 0.5) is 5.88 Å². The fourth-order valence-corrected chi connectivity index (χ4v) is 2.00. The fourth-order valence-electron chi connectivity index (χ4n) is 2.00. The van der Waals surface area contributed by atoms with Gasteiger partial charge in [-0.1, -0.05) is 6.92 Å². The maximum absolute atomic E-state index is 11.9. The molecule has 1 aromatic heterocycles. The van der Waals surface area contributed by atoms with Gasteiger partial charge in [-0.2, -0.15) is 0 Å². The molecule has 1 aliphatic rings. The molecule has 4 heteroatoms. The van der Waals surface area contributed by atoms with Crippen molar-refractivity contribution in [2.75, 3.05) is 18.8 Å². The second kappa shape index (κ2) is 3.96. The molecule has 0 bridgehead atoms. The maximum atomic E-state index is 11.9. The molecule has 1 aromatic rings.